The molecule has 4 nitrogen and oxygen atoms in total. The van der Waals surface area contributed by atoms with Gasteiger partial charge in [-0.25, -0.2) is 0 Å². The van der Waals surface area contributed by atoms with Gasteiger partial charge in [0.25, 0.3) is 0 Å². The van der Waals surface area contributed by atoms with E-state index in [4.69, 9.17) is 0 Å². The molecule has 2 aromatic heterocycles. The van der Waals surface area contributed by atoms with E-state index in [1.54, 1.807) is 11.3 Å². The van der Waals surface area contributed by atoms with Crippen LogP contribution >= 0.6 is 11.3 Å². The molecule has 0 saturated heterocycles. The molecule has 2 atom stereocenters. The molecule has 0 radical (unpaired) electrons. The third-order valence-corrected chi connectivity index (χ3v) is 7.13. The van der Waals surface area contributed by atoms with E-state index in [-0.39, 0.29) is 5.92 Å². The summed E-state index contributed by atoms with van der Waals surface area (Å²) in [7, 11) is 0. The Morgan fingerprint density at radius 1 is 1.17 bits per heavy atom. The predicted molar refractivity (Wildman–Crippen MR) is 118 cm³/mol. The number of carboxylic acids is 1. The van der Waals surface area contributed by atoms with Crippen molar-refractivity contribution in [3.8, 4) is 16.5 Å². The van der Waals surface area contributed by atoms with Gasteiger partial charge < -0.3 is 9.67 Å². The summed E-state index contributed by atoms with van der Waals surface area (Å²) in [4.78, 5) is 13.5. The van der Waals surface area contributed by atoms with Crippen LogP contribution in [0.1, 0.15) is 30.2 Å². The highest BCUT2D eigenvalue weighted by Crippen LogP contribution is 2.40. The summed E-state index contributed by atoms with van der Waals surface area (Å²) in [5.41, 5.74) is 4.69. The molecule has 0 bridgehead atoms. The van der Waals surface area contributed by atoms with Gasteiger partial charge in [0.2, 0.25) is 0 Å². The third-order valence-electron chi connectivity index (χ3n) is 5.64. The van der Waals surface area contributed by atoms with Gasteiger partial charge in [-0.1, -0.05) is 31.2 Å². The number of hydrogen-bond acceptors (Lipinski definition) is 3. The maximum atomic E-state index is 11.4. The lowest BCUT2D eigenvalue weighted by Gasteiger charge is -2.11. The molecule has 29 heavy (non-hydrogen) atoms. The van der Waals surface area contributed by atoms with E-state index in [2.05, 4.69) is 54.0 Å². The highest BCUT2D eigenvalue weighted by molar-refractivity contribution is 7.15. The smallest absolute Gasteiger partial charge is 0.321 e. The number of fused-ring (bicyclic) bond motifs is 3. The van der Waals surface area contributed by atoms with E-state index in [1.807, 2.05) is 26.0 Å². The van der Waals surface area contributed by atoms with Crippen LogP contribution in [0.5, 0.6) is 0 Å². The fraction of sp³-hybridized carbons (Fsp3) is 0.250. The first-order valence-electron chi connectivity index (χ1n) is 9.70. The Hall–Kier alpha value is -3.10. The summed E-state index contributed by atoms with van der Waals surface area (Å²) in [5.74, 6) is -2.45. The Morgan fingerprint density at radius 2 is 1.90 bits per heavy atom. The Morgan fingerprint density at radius 3 is 2.59 bits per heavy atom. The van der Waals surface area contributed by atoms with E-state index in [9.17, 15) is 15.2 Å². The van der Waals surface area contributed by atoms with Gasteiger partial charge in [-0.2, -0.15) is 5.26 Å². The Bertz CT molecular complexity index is 1280. The maximum absolute atomic E-state index is 11.4. The van der Waals surface area contributed by atoms with E-state index >= 15 is 0 Å². The minimum absolute atomic E-state index is 0.347. The molecule has 4 aromatic rings. The minimum Gasteiger partial charge on any atom is -0.480 e. The van der Waals surface area contributed by atoms with Crippen molar-refractivity contribution in [3.05, 3.63) is 59.0 Å². The SMILES string of the molecule is CCn1c2ccccc2c2cc(-c3sc(C(C)C(C#N)C(=O)O)cc3C)ccc21. The number of carbonyl (C=O) groups is 1. The van der Waals surface area contributed by atoms with Gasteiger partial charge in [-0.05, 0) is 49.2 Å². The van der Waals surface area contributed by atoms with Crippen molar-refractivity contribution < 1.29 is 9.90 Å². The monoisotopic (exact) mass is 402 g/mol. The number of para-hydroxylation sites is 1. The lowest BCUT2D eigenvalue weighted by Crippen LogP contribution is -2.17. The number of rotatable bonds is 5. The molecule has 1 N–H and O–H groups in total. The van der Waals surface area contributed by atoms with Crippen LogP contribution in [0.3, 0.4) is 0 Å². The second-order valence-corrected chi connectivity index (χ2v) is 8.47. The van der Waals surface area contributed by atoms with Crippen molar-refractivity contribution in [1.29, 1.82) is 5.26 Å². The largest absolute Gasteiger partial charge is 0.480 e. The molecule has 146 valence electrons. The molecule has 0 aliphatic carbocycles. The molecule has 5 heteroatoms. The van der Waals surface area contributed by atoms with Crippen LogP contribution in [0.15, 0.2) is 48.5 Å². The lowest BCUT2D eigenvalue weighted by molar-refractivity contribution is -0.140. The number of aromatic nitrogens is 1. The zero-order chi connectivity index (χ0) is 20.7. The molecule has 2 aromatic carbocycles. The van der Waals surface area contributed by atoms with Crippen LogP contribution in [0.25, 0.3) is 32.2 Å². The van der Waals surface area contributed by atoms with Gasteiger partial charge in [0.1, 0.15) is 0 Å². The number of nitrogens with zero attached hydrogens (tertiary/aromatic N) is 2. The number of carboxylic acid groups (broad SMARTS) is 1. The van der Waals surface area contributed by atoms with Crippen molar-refractivity contribution in [2.24, 2.45) is 5.92 Å². The van der Waals surface area contributed by atoms with Crippen LogP contribution in [0.2, 0.25) is 0 Å². The molecule has 2 heterocycles. The quantitative estimate of drug-likeness (QED) is 0.433. The third kappa shape index (κ3) is 3.10. The van der Waals surface area contributed by atoms with E-state index in [0.29, 0.717) is 0 Å². The van der Waals surface area contributed by atoms with E-state index in [1.165, 1.54) is 21.8 Å². The van der Waals surface area contributed by atoms with Gasteiger partial charge >= 0.3 is 5.97 Å². The average Bonchev–Trinajstić information content (AvgIpc) is 3.25. The first kappa shape index (κ1) is 19.2. The summed E-state index contributed by atoms with van der Waals surface area (Å²) in [6.45, 7) is 6.93. The average molecular weight is 403 g/mol. The summed E-state index contributed by atoms with van der Waals surface area (Å²) in [5, 5.41) is 21.0. The Labute approximate surface area is 173 Å². The summed E-state index contributed by atoms with van der Waals surface area (Å²) in [6.07, 6.45) is 0. The van der Waals surface area contributed by atoms with E-state index < -0.39 is 11.9 Å². The fourth-order valence-electron chi connectivity index (χ4n) is 4.10. The maximum Gasteiger partial charge on any atom is 0.321 e. The zero-order valence-corrected chi connectivity index (χ0v) is 17.5. The van der Waals surface area contributed by atoms with Gasteiger partial charge in [0, 0.05) is 44.0 Å². The van der Waals surface area contributed by atoms with Crippen LogP contribution in [-0.4, -0.2) is 15.6 Å². The van der Waals surface area contributed by atoms with Crippen molar-refractivity contribution in [1.82, 2.24) is 4.57 Å². The van der Waals surface area contributed by atoms with E-state index in [0.717, 1.165) is 27.4 Å². The second-order valence-electron chi connectivity index (χ2n) is 7.39. The topological polar surface area (TPSA) is 66.0 Å². The summed E-state index contributed by atoms with van der Waals surface area (Å²) < 4.78 is 2.33. The molecule has 0 aliphatic rings. The molecule has 0 spiro atoms. The molecule has 2 unspecified atom stereocenters. The number of thiophene rings is 1. The zero-order valence-electron chi connectivity index (χ0n) is 16.6. The van der Waals surface area contributed by atoms with Gasteiger partial charge in [0.05, 0.1) is 6.07 Å². The Balaban J connectivity index is 1.84. The standard InChI is InChI=1S/C24H22N2O2S/c1-4-26-20-8-6-5-7-17(20)18-12-16(9-10-21(18)26)23-14(2)11-22(29-23)15(3)19(13-25)24(27)28/h5-12,15,19H,4H2,1-3H3,(H,27,28). The van der Waals surface area contributed by atoms with Crippen molar-refractivity contribution in [2.75, 3.05) is 0 Å². The number of aryl methyl sites for hydroxylation is 2. The highest BCUT2D eigenvalue weighted by atomic mass is 32.1. The lowest BCUT2D eigenvalue weighted by atomic mass is 9.93. The first-order chi connectivity index (χ1) is 14.0. The predicted octanol–water partition coefficient (Wildman–Crippen LogP) is 6.18. The molecule has 0 aliphatic heterocycles. The number of hydrogen-bond donors (Lipinski definition) is 1. The van der Waals surface area contributed by atoms with Gasteiger partial charge in [0.15, 0.2) is 5.92 Å². The first-order valence-corrected chi connectivity index (χ1v) is 10.5. The molecule has 0 saturated carbocycles. The van der Waals surface area contributed by atoms with Gasteiger partial charge in [-0.15, -0.1) is 11.3 Å². The van der Waals surface area contributed by atoms with Crippen LogP contribution in [0, 0.1) is 24.2 Å². The van der Waals surface area contributed by atoms with Crippen LogP contribution < -0.4 is 0 Å². The van der Waals surface area contributed by atoms with Crippen molar-refractivity contribution in [2.45, 2.75) is 33.2 Å². The molecule has 0 amide bonds. The number of aliphatic carboxylic acids is 1. The fourth-order valence-corrected chi connectivity index (χ4v) is 5.36. The van der Waals surface area contributed by atoms with Crippen LogP contribution in [-0.2, 0) is 11.3 Å². The highest BCUT2D eigenvalue weighted by Gasteiger charge is 2.27. The molecular formula is C24H22N2O2S. The van der Waals surface area contributed by atoms with Crippen LogP contribution in [0.4, 0.5) is 0 Å². The number of benzene rings is 2. The summed E-state index contributed by atoms with van der Waals surface area (Å²) >= 11 is 1.59. The summed E-state index contributed by atoms with van der Waals surface area (Å²) in [6, 6.07) is 18.9. The number of nitriles is 1. The Kier molecular flexibility index (Phi) is 4.89. The van der Waals surface area contributed by atoms with Crippen molar-refractivity contribution >= 4 is 39.1 Å². The minimum atomic E-state index is -1.07. The van der Waals surface area contributed by atoms with Gasteiger partial charge in [-0.3, -0.25) is 4.79 Å². The molecular weight excluding hydrogens is 380 g/mol. The normalized spacial score (nSPS) is 13.4. The molecule has 4 rings (SSSR count). The second kappa shape index (κ2) is 7.38. The molecule has 0 fully saturated rings. The van der Waals surface area contributed by atoms with Crippen molar-refractivity contribution in [3.63, 3.8) is 0 Å².